The third kappa shape index (κ3) is 4.20. The van der Waals surface area contributed by atoms with Gasteiger partial charge in [0.25, 0.3) is 5.91 Å². The lowest BCUT2D eigenvalue weighted by atomic mass is 10.2. The second-order valence-electron chi connectivity index (χ2n) is 4.38. The van der Waals surface area contributed by atoms with Crippen LogP contribution in [0.15, 0.2) is 42.5 Å². The zero-order chi connectivity index (χ0) is 15.2. The number of rotatable bonds is 5. The predicted octanol–water partition coefficient (Wildman–Crippen LogP) is 3.81. The van der Waals surface area contributed by atoms with Gasteiger partial charge >= 0.3 is 0 Å². The zero-order valence-electron chi connectivity index (χ0n) is 11.5. The van der Waals surface area contributed by atoms with Crippen LogP contribution in [0.1, 0.15) is 22.8 Å². The Morgan fingerprint density at radius 1 is 1.24 bits per heavy atom. The Kier molecular flexibility index (Phi) is 5.17. The van der Waals surface area contributed by atoms with Gasteiger partial charge in [-0.1, -0.05) is 23.7 Å². The van der Waals surface area contributed by atoms with Crippen molar-refractivity contribution < 1.29 is 13.9 Å². The molecule has 0 atom stereocenters. The van der Waals surface area contributed by atoms with Gasteiger partial charge in [0.1, 0.15) is 11.6 Å². The Hall–Kier alpha value is -2.07. The van der Waals surface area contributed by atoms with Crippen molar-refractivity contribution in [1.82, 2.24) is 5.32 Å². The predicted molar refractivity (Wildman–Crippen MR) is 80.2 cm³/mol. The molecule has 2 rings (SSSR count). The summed E-state index contributed by atoms with van der Waals surface area (Å²) in [6, 6.07) is 11.1. The molecule has 1 amide bonds. The molecule has 0 bridgehead atoms. The highest BCUT2D eigenvalue weighted by Gasteiger charge is 2.11. The van der Waals surface area contributed by atoms with E-state index in [1.165, 1.54) is 12.1 Å². The van der Waals surface area contributed by atoms with Crippen LogP contribution in [-0.4, -0.2) is 12.5 Å². The normalized spacial score (nSPS) is 10.2. The van der Waals surface area contributed by atoms with Gasteiger partial charge in [-0.3, -0.25) is 4.79 Å². The first-order chi connectivity index (χ1) is 10.1. The molecular formula is C16H15ClFNO2. The van der Waals surface area contributed by atoms with Gasteiger partial charge in [-0.25, -0.2) is 4.39 Å². The van der Waals surface area contributed by atoms with Crippen LogP contribution in [0.2, 0.25) is 5.02 Å². The number of amides is 1. The van der Waals surface area contributed by atoms with Gasteiger partial charge < -0.3 is 10.1 Å². The number of hydrogen-bond donors (Lipinski definition) is 1. The molecule has 2 aromatic rings. The molecule has 3 nitrogen and oxygen atoms in total. The van der Waals surface area contributed by atoms with E-state index in [9.17, 15) is 9.18 Å². The molecule has 0 spiro atoms. The van der Waals surface area contributed by atoms with Crippen LogP contribution in [0.25, 0.3) is 0 Å². The van der Waals surface area contributed by atoms with E-state index in [0.29, 0.717) is 13.2 Å². The molecule has 0 radical (unpaired) electrons. The van der Waals surface area contributed by atoms with Crippen molar-refractivity contribution in [2.45, 2.75) is 13.5 Å². The second-order valence-corrected chi connectivity index (χ2v) is 4.79. The van der Waals surface area contributed by atoms with E-state index in [2.05, 4.69) is 5.32 Å². The molecule has 0 saturated carbocycles. The molecule has 0 saturated heterocycles. The number of ether oxygens (including phenoxy) is 1. The lowest BCUT2D eigenvalue weighted by Crippen LogP contribution is -2.23. The molecule has 0 aliphatic rings. The van der Waals surface area contributed by atoms with Gasteiger partial charge in [-0.2, -0.15) is 0 Å². The molecule has 0 aliphatic carbocycles. The van der Waals surface area contributed by atoms with Crippen LogP contribution in [0.4, 0.5) is 4.39 Å². The Balaban J connectivity index is 1.99. The third-order valence-corrected chi connectivity index (χ3v) is 3.19. The van der Waals surface area contributed by atoms with Crippen LogP contribution in [-0.2, 0) is 6.54 Å². The maximum Gasteiger partial charge on any atom is 0.253 e. The van der Waals surface area contributed by atoms with E-state index >= 15 is 0 Å². The Bertz CT molecular complexity index is 629. The fourth-order valence-corrected chi connectivity index (χ4v) is 2.02. The molecule has 2 aromatic carbocycles. The van der Waals surface area contributed by atoms with Crippen molar-refractivity contribution in [3.63, 3.8) is 0 Å². The average Bonchev–Trinajstić information content (AvgIpc) is 2.49. The summed E-state index contributed by atoms with van der Waals surface area (Å²) in [7, 11) is 0. The number of benzene rings is 2. The highest BCUT2D eigenvalue weighted by atomic mass is 35.5. The lowest BCUT2D eigenvalue weighted by molar-refractivity contribution is 0.0950. The molecule has 0 heterocycles. The molecule has 110 valence electrons. The first kappa shape index (κ1) is 15.3. The minimum absolute atomic E-state index is 0.127. The van der Waals surface area contributed by atoms with Gasteiger partial charge in [0.15, 0.2) is 0 Å². The number of nitrogens with one attached hydrogen (secondary N) is 1. The summed E-state index contributed by atoms with van der Waals surface area (Å²) in [6.45, 7) is 2.85. The van der Waals surface area contributed by atoms with E-state index in [4.69, 9.17) is 16.3 Å². The topological polar surface area (TPSA) is 38.3 Å². The van der Waals surface area contributed by atoms with Crippen LogP contribution in [0.3, 0.4) is 0 Å². The molecule has 0 aliphatic heterocycles. The number of carbonyl (C=O) groups excluding carboxylic acids is 1. The maximum atomic E-state index is 13.1. The average molecular weight is 308 g/mol. The van der Waals surface area contributed by atoms with Crippen molar-refractivity contribution in [2.75, 3.05) is 6.61 Å². The van der Waals surface area contributed by atoms with Crippen molar-refractivity contribution in [2.24, 2.45) is 0 Å². The monoisotopic (exact) mass is 307 g/mol. The Morgan fingerprint density at radius 2 is 1.95 bits per heavy atom. The standard InChI is InChI=1S/C16H15ClFNO2/c1-2-21-13-6-3-11(4-7-13)10-19-16(20)14-9-12(18)5-8-15(14)17/h3-9H,2,10H2,1H3,(H,19,20). The molecule has 1 N–H and O–H groups in total. The molecule has 0 fully saturated rings. The van der Waals surface area contributed by atoms with E-state index in [1.54, 1.807) is 0 Å². The fourth-order valence-electron chi connectivity index (χ4n) is 1.82. The minimum atomic E-state index is -0.495. The smallest absolute Gasteiger partial charge is 0.253 e. The van der Waals surface area contributed by atoms with E-state index in [0.717, 1.165) is 17.4 Å². The van der Waals surface area contributed by atoms with Crippen molar-refractivity contribution in [3.8, 4) is 5.75 Å². The summed E-state index contributed by atoms with van der Waals surface area (Å²) >= 11 is 5.88. The van der Waals surface area contributed by atoms with Crippen LogP contribution < -0.4 is 10.1 Å². The quantitative estimate of drug-likeness (QED) is 0.912. The fraction of sp³-hybridized carbons (Fsp3) is 0.188. The Labute approximate surface area is 127 Å². The van der Waals surface area contributed by atoms with Gasteiger partial charge in [0.05, 0.1) is 17.2 Å². The second kappa shape index (κ2) is 7.09. The summed E-state index contributed by atoms with van der Waals surface area (Å²) in [6.07, 6.45) is 0. The lowest BCUT2D eigenvalue weighted by Gasteiger charge is -2.08. The zero-order valence-corrected chi connectivity index (χ0v) is 12.3. The minimum Gasteiger partial charge on any atom is -0.494 e. The third-order valence-electron chi connectivity index (χ3n) is 2.86. The van der Waals surface area contributed by atoms with Crippen LogP contribution in [0, 0.1) is 5.82 Å². The number of hydrogen-bond acceptors (Lipinski definition) is 2. The van der Waals surface area contributed by atoms with Crippen molar-refractivity contribution in [1.29, 1.82) is 0 Å². The first-order valence-electron chi connectivity index (χ1n) is 6.55. The SMILES string of the molecule is CCOc1ccc(CNC(=O)c2cc(F)ccc2Cl)cc1. The van der Waals surface area contributed by atoms with E-state index < -0.39 is 11.7 Å². The summed E-state index contributed by atoms with van der Waals surface area (Å²) in [5, 5.41) is 2.93. The van der Waals surface area contributed by atoms with Gasteiger partial charge in [0, 0.05) is 6.54 Å². The molecule has 0 unspecified atom stereocenters. The molecular weight excluding hydrogens is 293 g/mol. The summed E-state index contributed by atoms with van der Waals surface area (Å²) in [5.41, 5.74) is 1.04. The van der Waals surface area contributed by atoms with Gasteiger partial charge in [0.2, 0.25) is 0 Å². The highest BCUT2D eigenvalue weighted by molar-refractivity contribution is 6.33. The molecule has 5 heteroatoms. The summed E-state index contributed by atoms with van der Waals surface area (Å²) in [4.78, 5) is 12.0. The first-order valence-corrected chi connectivity index (χ1v) is 6.93. The highest BCUT2D eigenvalue weighted by Crippen LogP contribution is 2.17. The summed E-state index contributed by atoms with van der Waals surface area (Å²) in [5.74, 6) is -0.125. The van der Waals surface area contributed by atoms with Crippen LogP contribution in [0.5, 0.6) is 5.75 Å². The molecule has 21 heavy (non-hydrogen) atoms. The molecule has 0 aromatic heterocycles. The number of carbonyl (C=O) groups is 1. The maximum absolute atomic E-state index is 13.1. The van der Waals surface area contributed by atoms with E-state index in [-0.39, 0.29) is 10.6 Å². The van der Waals surface area contributed by atoms with Gasteiger partial charge in [-0.05, 0) is 42.8 Å². The van der Waals surface area contributed by atoms with Crippen LogP contribution >= 0.6 is 11.6 Å². The summed E-state index contributed by atoms with van der Waals surface area (Å²) < 4.78 is 18.5. The van der Waals surface area contributed by atoms with E-state index in [1.807, 2.05) is 31.2 Å². The van der Waals surface area contributed by atoms with Gasteiger partial charge in [-0.15, -0.1) is 0 Å². The Morgan fingerprint density at radius 3 is 2.62 bits per heavy atom. The van der Waals surface area contributed by atoms with Crippen molar-refractivity contribution in [3.05, 3.63) is 64.4 Å². The largest absolute Gasteiger partial charge is 0.494 e. The van der Waals surface area contributed by atoms with Crippen molar-refractivity contribution >= 4 is 17.5 Å². The number of halogens is 2.